The van der Waals surface area contributed by atoms with E-state index < -0.39 is 0 Å². The maximum atomic E-state index is 12.9. The summed E-state index contributed by atoms with van der Waals surface area (Å²) in [6, 6.07) is 14.2. The number of benzene rings is 2. The second kappa shape index (κ2) is 7.20. The van der Waals surface area contributed by atoms with Crippen LogP contribution in [0.1, 0.15) is 30.4 Å². The summed E-state index contributed by atoms with van der Waals surface area (Å²) < 4.78 is 5.22. The van der Waals surface area contributed by atoms with E-state index in [9.17, 15) is 4.79 Å². The summed E-state index contributed by atoms with van der Waals surface area (Å²) in [6.45, 7) is 2.71. The maximum absolute atomic E-state index is 12.9. The number of para-hydroxylation sites is 1. The minimum absolute atomic E-state index is 0.162. The smallest absolute Gasteiger partial charge is 0.227 e. The Bertz CT molecular complexity index is 1190. The standard InChI is InChI=1S/C23H22N4O2/c1-2-21-25-23(26-29-21)16-7-9-20-15(13-16)11-12-27(20)22(28)10-8-17-14-24-19-6-4-3-5-18(17)19/h3-7,9,13-14,24H,2,8,10-12H2,1H3. The second-order valence-electron chi connectivity index (χ2n) is 7.36. The summed E-state index contributed by atoms with van der Waals surface area (Å²) in [7, 11) is 0. The molecule has 0 spiro atoms. The average Bonchev–Trinajstić information content (AvgIpc) is 3.49. The number of hydrogen-bond acceptors (Lipinski definition) is 4. The van der Waals surface area contributed by atoms with Gasteiger partial charge in [0.15, 0.2) is 0 Å². The molecule has 1 N–H and O–H groups in total. The Morgan fingerprint density at radius 3 is 3.00 bits per heavy atom. The number of aryl methyl sites for hydroxylation is 2. The van der Waals surface area contributed by atoms with Gasteiger partial charge in [-0.05, 0) is 48.2 Å². The highest BCUT2D eigenvalue weighted by atomic mass is 16.5. The number of amides is 1. The molecule has 6 nitrogen and oxygen atoms in total. The minimum Gasteiger partial charge on any atom is -0.361 e. The van der Waals surface area contributed by atoms with E-state index in [0.717, 1.165) is 48.1 Å². The zero-order valence-corrected chi connectivity index (χ0v) is 16.3. The molecule has 0 fully saturated rings. The predicted molar refractivity (Wildman–Crippen MR) is 112 cm³/mol. The molecule has 1 aliphatic rings. The van der Waals surface area contributed by atoms with Crippen molar-refractivity contribution in [2.45, 2.75) is 32.6 Å². The van der Waals surface area contributed by atoms with Gasteiger partial charge in [-0.3, -0.25) is 4.79 Å². The van der Waals surface area contributed by atoms with E-state index in [1.54, 1.807) is 0 Å². The predicted octanol–water partition coefficient (Wildman–Crippen LogP) is 4.30. The number of nitrogens with one attached hydrogen (secondary N) is 1. The third-order valence-corrected chi connectivity index (χ3v) is 5.59. The Morgan fingerprint density at radius 2 is 2.14 bits per heavy atom. The van der Waals surface area contributed by atoms with Gasteiger partial charge in [-0.15, -0.1) is 0 Å². The molecule has 5 rings (SSSR count). The van der Waals surface area contributed by atoms with E-state index >= 15 is 0 Å². The van der Waals surface area contributed by atoms with E-state index in [1.165, 1.54) is 10.9 Å². The van der Waals surface area contributed by atoms with Crippen LogP contribution in [0.15, 0.2) is 53.2 Å². The molecule has 2 aromatic carbocycles. The van der Waals surface area contributed by atoms with Crippen LogP contribution in [0.3, 0.4) is 0 Å². The fourth-order valence-corrected chi connectivity index (χ4v) is 4.03. The summed E-state index contributed by atoms with van der Waals surface area (Å²) in [5.74, 6) is 1.40. The lowest BCUT2D eigenvalue weighted by Crippen LogP contribution is -2.29. The van der Waals surface area contributed by atoms with Crippen LogP contribution in [0, 0.1) is 0 Å². The normalized spacial score (nSPS) is 13.2. The highest BCUT2D eigenvalue weighted by Crippen LogP contribution is 2.32. The zero-order valence-electron chi connectivity index (χ0n) is 16.3. The van der Waals surface area contributed by atoms with Gasteiger partial charge in [0.05, 0.1) is 0 Å². The monoisotopic (exact) mass is 386 g/mol. The maximum Gasteiger partial charge on any atom is 0.227 e. The Balaban J connectivity index is 1.31. The summed E-state index contributed by atoms with van der Waals surface area (Å²) in [5, 5.41) is 5.24. The van der Waals surface area contributed by atoms with Crippen LogP contribution in [0.2, 0.25) is 0 Å². The summed E-state index contributed by atoms with van der Waals surface area (Å²) in [5.41, 5.74) is 5.39. The third kappa shape index (κ3) is 3.20. The fraction of sp³-hybridized carbons (Fsp3) is 0.261. The number of rotatable bonds is 5. The van der Waals surface area contributed by atoms with Gasteiger partial charge in [0.2, 0.25) is 17.6 Å². The Labute approximate surface area is 168 Å². The molecule has 1 aliphatic heterocycles. The number of fused-ring (bicyclic) bond motifs is 2. The lowest BCUT2D eigenvalue weighted by atomic mass is 10.1. The highest BCUT2D eigenvalue weighted by Gasteiger charge is 2.25. The number of aromatic nitrogens is 3. The van der Waals surface area contributed by atoms with Crippen molar-refractivity contribution in [3.63, 3.8) is 0 Å². The van der Waals surface area contributed by atoms with E-state index in [-0.39, 0.29) is 5.91 Å². The highest BCUT2D eigenvalue weighted by molar-refractivity contribution is 5.96. The zero-order chi connectivity index (χ0) is 19.8. The molecule has 146 valence electrons. The van der Waals surface area contributed by atoms with Gasteiger partial charge in [0.1, 0.15) is 0 Å². The molecule has 0 atom stereocenters. The molecule has 0 unspecified atom stereocenters. The number of nitrogens with zero attached hydrogens (tertiary/aromatic N) is 3. The van der Waals surface area contributed by atoms with Crippen molar-refractivity contribution in [3.8, 4) is 11.4 Å². The molecule has 0 saturated heterocycles. The molecule has 29 heavy (non-hydrogen) atoms. The molecule has 4 aromatic rings. The largest absolute Gasteiger partial charge is 0.361 e. The lowest BCUT2D eigenvalue weighted by Gasteiger charge is -2.17. The number of carbonyl (C=O) groups is 1. The second-order valence-corrected chi connectivity index (χ2v) is 7.36. The van der Waals surface area contributed by atoms with Crippen LogP contribution in [0.5, 0.6) is 0 Å². The molecule has 0 bridgehead atoms. The first-order chi connectivity index (χ1) is 14.2. The van der Waals surface area contributed by atoms with Crippen LogP contribution in [-0.2, 0) is 24.1 Å². The topological polar surface area (TPSA) is 75.0 Å². The van der Waals surface area contributed by atoms with E-state index in [1.807, 2.05) is 42.3 Å². The number of hydrogen-bond donors (Lipinski definition) is 1. The van der Waals surface area contributed by atoms with Crippen molar-refractivity contribution >= 4 is 22.5 Å². The van der Waals surface area contributed by atoms with Crippen molar-refractivity contribution in [1.82, 2.24) is 15.1 Å². The van der Waals surface area contributed by atoms with Crippen molar-refractivity contribution in [2.24, 2.45) is 0 Å². The van der Waals surface area contributed by atoms with Gasteiger partial charge in [0.25, 0.3) is 0 Å². The van der Waals surface area contributed by atoms with Gasteiger partial charge >= 0.3 is 0 Å². The third-order valence-electron chi connectivity index (χ3n) is 5.59. The molecule has 3 heterocycles. The molecule has 1 amide bonds. The Hall–Kier alpha value is -3.41. The molecule has 0 aliphatic carbocycles. The van der Waals surface area contributed by atoms with Crippen LogP contribution in [0.4, 0.5) is 5.69 Å². The lowest BCUT2D eigenvalue weighted by molar-refractivity contribution is -0.118. The molecular formula is C23H22N4O2. The van der Waals surface area contributed by atoms with Crippen LogP contribution in [-0.4, -0.2) is 27.6 Å². The van der Waals surface area contributed by atoms with E-state index in [0.29, 0.717) is 18.1 Å². The molecule has 0 radical (unpaired) electrons. The number of aromatic amines is 1. The Morgan fingerprint density at radius 1 is 1.24 bits per heavy atom. The van der Waals surface area contributed by atoms with E-state index in [4.69, 9.17) is 4.52 Å². The number of H-pyrrole nitrogens is 1. The van der Waals surface area contributed by atoms with Gasteiger partial charge in [0, 0.05) is 47.7 Å². The molecule has 2 aromatic heterocycles. The van der Waals surface area contributed by atoms with E-state index in [2.05, 4.69) is 33.3 Å². The number of anilines is 1. The van der Waals surface area contributed by atoms with Gasteiger partial charge < -0.3 is 14.4 Å². The molecule has 6 heteroatoms. The van der Waals surface area contributed by atoms with Crippen LogP contribution in [0.25, 0.3) is 22.3 Å². The summed E-state index contributed by atoms with van der Waals surface area (Å²) in [6.07, 6.45) is 4.80. The first-order valence-corrected chi connectivity index (χ1v) is 10.0. The van der Waals surface area contributed by atoms with Crippen LogP contribution < -0.4 is 4.90 Å². The quantitative estimate of drug-likeness (QED) is 0.555. The van der Waals surface area contributed by atoms with Crippen LogP contribution >= 0.6 is 0 Å². The Kier molecular flexibility index (Phi) is 4.39. The van der Waals surface area contributed by atoms with Crippen molar-refractivity contribution < 1.29 is 9.32 Å². The molecular weight excluding hydrogens is 364 g/mol. The average molecular weight is 386 g/mol. The van der Waals surface area contributed by atoms with Gasteiger partial charge in [-0.1, -0.05) is 30.3 Å². The summed E-state index contributed by atoms with van der Waals surface area (Å²) in [4.78, 5) is 22.5. The fourth-order valence-electron chi connectivity index (χ4n) is 4.03. The van der Waals surface area contributed by atoms with Crippen molar-refractivity contribution in [1.29, 1.82) is 0 Å². The first kappa shape index (κ1) is 17.7. The van der Waals surface area contributed by atoms with Crippen molar-refractivity contribution in [3.05, 3.63) is 65.7 Å². The van der Waals surface area contributed by atoms with Gasteiger partial charge in [-0.25, -0.2) is 0 Å². The first-order valence-electron chi connectivity index (χ1n) is 10.0. The van der Waals surface area contributed by atoms with Crippen molar-refractivity contribution in [2.75, 3.05) is 11.4 Å². The number of carbonyl (C=O) groups excluding carboxylic acids is 1. The SMILES string of the molecule is CCc1nc(-c2ccc3c(c2)CCN3C(=O)CCc2c[nH]c3ccccc23)no1. The summed E-state index contributed by atoms with van der Waals surface area (Å²) >= 11 is 0. The molecule has 0 saturated carbocycles. The van der Waals surface area contributed by atoms with Gasteiger partial charge in [-0.2, -0.15) is 4.98 Å². The minimum atomic E-state index is 0.162.